The zero-order chi connectivity index (χ0) is 20.5. The molecule has 2 N–H and O–H groups in total. The van der Waals surface area contributed by atoms with Crippen molar-refractivity contribution in [3.8, 4) is 17.6 Å². The van der Waals surface area contributed by atoms with Gasteiger partial charge in [0.15, 0.2) is 6.61 Å². The van der Waals surface area contributed by atoms with Gasteiger partial charge in [0.1, 0.15) is 23.1 Å². The van der Waals surface area contributed by atoms with Gasteiger partial charge in [0, 0.05) is 5.69 Å². The summed E-state index contributed by atoms with van der Waals surface area (Å²) in [4.78, 5) is 23.0. The second-order valence-corrected chi connectivity index (χ2v) is 6.62. The molecule has 0 aliphatic rings. The number of anilines is 1. The third-order valence-electron chi connectivity index (χ3n) is 3.41. The van der Waals surface area contributed by atoms with Crippen molar-refractivity contribution >= 4 is 46.2 Å². The standard InChI is InChI=1S/C20H17IN2O5/c1-2-27-16-6-4-15(5-7-16)23-20(26)14(11-22)9-13-3-8-18(17(21)10-13)28-12-19(24)25/h3-10H,2,12H2,1H3,(H,23,26)(H,24,25)/b14-9-. The Hall–Kier alpha value is -3.06. The van der Waals surface area contributed by atoms with E-state index in [1.807, 2.05) is 35.6 Å². The van der Waals surface area contributed by atoms with E-state index < -0.39 is 18.5 Å². The normalized spacial score (nSPS) is 10.7. The maximum Gasteiger partial charge on any atom is 0.341 e. The number of carbonyl (C=O) groups is 2. The van der Waals surface area contributed by atoms with Gasteiger partial charge in [-0.25, -0.2) is 4.79 Å². The van der Waals surface area contributed by atoms with Gasteiger partial charge in [0.05, 0.1) is 10.2 Å². The van der Waals surface area contributed by atoms with Gasteiger partial charge >= 0.3 is 5.97 Å². The molecule has 2 aromatic carbocycles. The SMILES string of the molecule is CCOc1ccc(NC(=O)/C(C#N)=C\c2ccc(OCC(=O)O)c(I)c2)cc1. The zero-order valence-corrected chi connectivity index (χ0v) is 17.1. The molecule has 2 aromatic rings. The molecule has 0 radical (unpaired) electrons. The quantitative estimate of drug-likeness (QED) is 0.331. The van der Waals surface area contributed by atoms with Gasteiger partial charge in [-0.3, -0.25) is 4.79 Å². The Morgan fingerprint density at radius 1 is 1.21 bits per heavy atom. The Balaban J connectivity index is 2.11. The zero-order valence-electron chi connectivity index (χ0n) is 14.9. The number of carboxylic acid groups (broad SMARTS) is 1. The maximum atomic E-state index is 12.4. The van der Waals surface area contributed by atoms with Crippen LogP contribution in [0.2, 0.25) is 0 Å². The summed E-state index contributed by atoms with van der Waals surface area (Å²) in [6.45, 7) is 1.98. The van der Waals surface area contributed by atoms with E-state index in [2.05, 4.69) is 5.32 Å². The first-order valence-corrected chi connectivity index (χ1v) is 9.31. The monoisotopic (exact) mass is 492 g/mol. The molecular formula is C20H17IN2O5. The van der Waals surface area contributed by atoms with Gasteiger partial charge in [0.2, 0.25) is 0 Å². The molecule has 0 saturated carbocycles. The molecule has 0 saturated heterocycles. The first-order valence-electron chi connectivity index (χ1n) is 8.23. The second-order valence-electron chi connectivity index (χ2n) is 5.45. The first kappa shape index (κ1) is 21.2. The highest BCUT2D eigenvalue weighted by atomic mass is 127. The molecule has 28 heavy (non-hydrogen) atoms. The van der Waals surface area contributed by atoms with E-state index in [4.69, 9.17) is 14.6 Å². The summed E-state index contributed by atoms with van der Waals surface area (Å²) in [5, 5.41) is 20.7. The van der Waals surface area contributed by atoms with Crippen molar-refractivity contribution in [2.45, 2.75) is 6.92 Å². The second kappa shape index (κ2) is 10.3. The average Bonchev–Trinajstić information content (AvgIpc) is 2.67. The minimum absolute atomic E-state index is 0.0658. The fourth-order valence-electron chi connectivity index (χ4n) is 2.18. The number of carboxylic acids is 1. The lowest BCUT2D eigenvalue weighted by molar-refractivity contribution is -0.139. The Morgan fingerprint density at radius 3 is 2.50 bits per heavy atom. The topological polar surface area (TPSA) is 109 Å². The third kappa shape index (κ3) is 6.28. The average molecular weight is 492 g/mol. The summed E-state index contributed by atoms with van der Waals surface area (Å²) in [6.07, 6.45) is 1.45. The van der Waals surface area contributed by atoms with Crippen molar-refractivity contribution < 1.29 is 24.2 Å². The predicted molar refractivity (Wildman–Crippen MR) is 112 cm³/mol. The molecule has 0 aliphatic carbocycles. The Morgan fingerprint density at radius 2 is 1.93 bits per heavy atom. The number of hydrogen-bond acceptors (Lipinski definition) is 5. The summed E-state index contributed by atoms with van der Waals surface area (Å²) in [5.41, 5.74) is 1.09. The molecule has 0 atom stereocenters. The number of nitrogens with zero attached hydrogens (tertiary/aromatic N) is 1. The van der Waals surface area contributed by atoms with E-state index in [0.29, 0.717) is 32.9 Å². The van der Waals surface area contributed by atoms with Gasteiger partial charge in [-0.2, -0.15) is 5.26 Å². The lowest BCUT2D eigenvalue weighted by Crippen LogP contribution is -2.13. The molecule has 0 aliphatic heterocycles. The molecule has 144 valence electrons. The van der Waals surface area contributed by atoms with Crippen LogP contribution in [0.25, 0.3) is 6.08 Å². The molecule has 0 unspecified atom stereocenters. The Kier molecular flexibility index (Phi) is 7.83. The first-order chi connectivity index (χ1) is 13.4. The van der Waals surface area contributed by atoms with Crippen LogP contribution < -0.4 is 14.8 Å². The van der Waals surface area contributed by atoms with Crippen LogP contribution in [-0.2, 0) is 9.59 Å². The summed E-state index contributed by atoms with van der Waals surface area (Å²) in [7, 11) is 0. The van der Waals surface area contributed by atoms with E-state index in [9.17, 15) is 14.9 Å². The molecule has 7 nitrogen and oxygen atoms in total. The Labute approximate surface area is 175 Å². The fourth-order valence-corrected chi connectivity index (χ4v) is 2.87. The highest BCUT2D eigenvalue weighted by Gasteiger charge is 2.11. The van der Waals surface area contributed by atoms with Gasteiger partial charge in [-0.1, -0.05) is 6.07 Å². The molecular weight excluding hydrogens is 475 g/mol. The van der Waals surface area contributed by atoms with E-state index in [1.54, 1.807) is 42.5 Å². The summed E-state index contributed by atoms with van der Waals surface area (Å²) >= 11 is 1.99. The molecule has 0 heterocycles. The number of halogens is 1. The lowest BCUT2D eigenvalue weighted by atomic mass is 10.1. The number of nitriles is 1. The molecule has 2 rings (SSSR count). The van der Waals surface area contributed by atoms with Gasteiger partial charge in [0.25, 0.3) is 5.91 Å². The minimum atomic E-state index is -1.07. The Bertz CT molecular complexity index is 933. The van der Waals surface area contributed by atoms with Crippen molar-refractivity contribution in [3.63, 3.8) is 0 Å². The van der Waals surface area contributed by atoms with Crippen LogP contribution in [-0.4, -0.2) is 30.2 Å². The van der Waals surface area contributed by atoms with Gasteiger partial charge in [-0.05, 0) is 77.6 Å². The summed E-state index contributed by atoms with van der Waals surface area (Å²) in [6, 6.07) is 13.7. The molecule has 1 amide bonds. The van der Waals surface area contributed by atoms with Crippen molar-refractivity contribution in [1.82, 2.24) is 0 Å². The summed E-state index contributed by atoms with van der Waals surface area (Å²) in [5.74, 6) is -0.501. The predicted octanol–water partition coefficient (Wildman–Crippen LogP) is 3.70. The molecule has 0 aromatic heterocycles. The van der Waals surface area contributed by atoms with Crippen LogP contribution in [0.5, 0.6) is 11.5 Å². The smallest absolute Gasteiger partial charge is 0.341 e. The fraction of sp³-hybridized carbons (Fsp3) is 0.150. The molecule has 0 bridgehead atoms. The maximum absolute atomic E-state index is 12.4. The van der Waals surface area contributed by atoms with E-state index in [-0.39, 0.29) is 5.57 Å². The minimum Gasteiger partial charge on any atom is -0.494 e. The van der Waals surface area contributed by atoms with E-state index in [0.717, 1.165) is 0 Å². The highest BCUT2D eigenvalue weighted by Crippen LogP contribution is 2.23. The number of rotatable bonds is 8. The van der Waals surface area contributed by atoms with Gasteiger partial charge in [-0.15, -0.1) is 0 Å². The number of benzene rings is 2. The highest BCUT2D eigenvalue weighted by molar-refractivity contribution is 14.1. The van der Waals surface area contributed by atoms with Crippen LogP contribution >= 0.6 is 22.6 Å². The number of hydrogen-bond donors (Lipinski definition) is 2. The van der Waals surface area contributed by atoms with E-state index >= 15 is 0 Å². The van der Waals surface area contributed by atoms with Crippen LogP contribution in [0, 0.1) is 14.9 Å². The molecule has 0 spiro atoms. The van der Waals surface area contributed by atoms with Crippen molar-refractivity contribution in [2.75, 3.05) is 18.5 Å². The largest absolute Gasteiger partial charge is 0.494 e. The number of carbonyl (C=O) groups excluding carboxylic acids is 1. The van der Waals surface area contributed by atoms with Crippen molar-refractivity contribution in [1.29, 1.82) is 5.26 Å². The summed E-state index contributed by atoms with van der Waals surface area (Å²) < 4.78 is 11.2. The number of ether oxygens (including phenoxy) is 2. The molecule has 0 fully saturated rings. The van der Waals surface area contributed by atoms with Crippen LogP contribution in [0.4, 0.5) is 5.69 Å². The van der Waals surface area contributed by atoms with Crippen LogP contribution in [0.3, 0.4) is 0 Å². The number of nitrogens with one attached hydrogen (secondary N) is 1. The van der Waals surface area contributed by atoms with Gasteiger partial charge < -0.3 is 19.9 Å². The third-order valence-corrected chi connectivity index (χ3v) is 4.25. The van der Waals surface area contributed by atoms with E-state index in [1.165, 1.54) is 6.08 Å². The number of amides is 1. The van der Waals surface area contributed by atoms with Crippen molar-refractivity contribution in [2.24, 2.45) is 0 Å². The van der Waals surface area contributed by atoms with Crippen LogP contribution in [0.15, 0.2) is 48.0 Å². The number of aliphatic carboxylic acids is 1. The lowest BCUT2D eigenvalue weighted by Gasteiger charge is -2.08. The molecule has 8 heteroatoms. The van der Waals surface area contributed by atoms with Crippen LogP contribution in [0.1, 0.15) is 12.5 Å². The van der Waals surface area contributed by atoms with Crippen molar-refractivity contribution in [3.05, 3.63) is 57.2 Å².